The maximum atomic E-state index is 12.3. The van der Waals surface area contributed by atoms with Gasteiger partial charge in [-0.1, -0.05) is 18.2 Å². The van der Waals surface area contributed by atoms with Gasteiger partial charge in [-0.2, -0.15) is 11.3 Å². The van der Waals surface area contributed by atoms with Gasteiger partial charge in [0.2, 0.25) is 0 Å². The summed E-state index contributed by atoms with van der Waals surface area (Å²) in [6.07, 6.45) is 3.48. The molecule has 0 aliphatic carbocycles. The lowest BCUT2D eigenvalue weighted by atomic mass is 10.0. The summed E-state index contributed by atoms with van der Waals surface area (Å²) < 4.78 is 0. The average molecular weight is 239 g/mol. The number of carbonyl (C=O) groups is 1. The van der Waals surface area contributed by atoms with Crippen molar-refractivity contribution in [2.75, 3.05) is 0 Å². The quantitative estimate of drug-likeness (QED) is 0.640. The smallest absolute Gasteiger partial charge is 0.194 e. The summed E-state index contributed by atoms with van der Waals surface area (Å²) in [6.45, 7) is 0. The third-order valence-electron chi connectivity index (χ3n) is 2.71. The number of ketones is 1. The zero-order valence-electron chi connectivity index (χ0n) is 8.96. The Balaban J connectivity index is 2.21. The number of pyridine rings is 1. The summed E-state index contributed by atoms with van der Waals surface area (Å²) in [5.41, 5.74) is 1.46. The van der Waals surface area contributed by atoms with Crippen molar-refractivity contribution in [3.05, 3.63) is 64.6 Å². The number of nitrogens with zero attached hydrogens (tertiary/aromatic N) is 1. The van der Waals surface area contributed by atoms with Crippen LogP contribution in [0.15, 0.2) is 53.5 Å². The van der Waals surface area contributed by atoms with Crippen LogP contribution in [-0.2, 0) is 0 Å². The molecular weight excluding hydrogens is 230 g/mol. The summed E-state index contributed by atoms with van der Waals surface area (Å²) in [4.78, 5) is 16.4. The molecule has 2 aromatic heterocycles. The van der Waals surface area contributed by atoms with Crippen molar-refractivity contribution in [3.63, 3.8) is 0 Å². The zero-order valence-corrected chi connectivity index (χ0v) is 9.78. The van der Waals surface area contributed by atoms with E-state index in [1.807, 2.05) is 41.1 Å². The first-order valence-corrected chi connectivity index (χ1v) is 6.20. The predicted molar refractivity (Wildman–Crippen MR) is 69.5 cm³/mol. The minimum atomic E-state index is 0.0600. The van der Waals surface area contributed by atoms with Crippen LogP contribution in [0, 0.1) is 0 Å². The van der Waals surface area contributed by atoms with Crippen molar-refractivity contribution in [1.29, 1.82) is 0 Å². The molecule has 0 radical (unpaired) electrons. The summed E-state index contributed by atoms with van der Waals surface area (Å²) in [7, 11) is 0. The first-order valence-electron chi connectivity index (χ1n) is 5.26. The van der Waals surface area contributed by atoms with E-state index in [4.69, 9.17) is 0 Å². The Hall–Kier alpha value is -2.00. The number of hydrogen-bond acceptors (Lipinski definition) is 3. The Labute approximate surface area is 103 Å². The van der Waals surface area contributed by atoms with Crippen molar-refractivity contribution in [1.82, 2.24) is 4.98 Å². The summed E-state index contributed by atoms with van der Waals surface area (Å²) >= 11 is 1.53. The summed E-state index contributed by atoms with van der Waals surface area (Å²) in [5.74, 6) is 0.0600. The molecule has 0 spiro atoms. The maximum absolute atomic E-state index is 12.3. The van der Waals surface area contributed by atoms with E-state index in [0.717, 1.165) is 16.3 Å². The van der Waals surface area contributed by atoms with Crippen LogP contribution in [0.1, 0.15) is 15.9 Å². The highest BCUT2D eigenvalue weighted by atomic mass is 32.1. The number of thiophene rings is 1. The lowest BCUT2D eigenvalue weighted by Gasteiger charge is -2.03. The third kappa shape index (κ3) is 1.74. The molecule has 0 saturated carbocycles. The van der Waals surface area contributed by atoms with Gasteiger partial charge in [-0.05, 0) is 22.9 Å². The lowest BCUT2D eigenvalue weighted by molar-refractivity contribution is 0.104. The van der Waals surface area contributed by atoms with Crippen LogP contribution >= 0.6 is 11.3 Å². The van der Waals surface area contributed by atoms with Gasteiger partial charge >= 0.3 is 0 Å². The fraction of sp³-hybridized carbons (Fsp3) is 0. The van der Waals surface area contributed by atoms with Gasteiger partial charge in [0.1, 0.15) is 0 Å². The topological polar surface area (TPSA) is 30.0 Å². The summed E-state index contributed by atoms with van der Waals surface area (Å²) in [5, 5.41) is 5.74. The van der Waals surface area contributed by atoms with E-state index < -0.39 is 0 Å². The second kappa shape index (κ2) is 4.11. The van der Waals surface area contributed by atoms with Crippen molar-refractivity contribution >= 4 is 27.9 Å². The highest BCUT2D eigenvalue weighted by Crippen LogP contribution is 2.21. The minimum Gasteiger partial charge on any atom is -0.289 e. The minimum absolute atomic E-state index is 0.0600. The molecule has 2 nitrogen and oxygen atoms in total. The number of hydrogen-bond donors (Lipinski definition) is 0. The molecule has 1 aromatic carbocycles. The molecule has 3 aromatic rings. The Kier molecular flexibility index (Phi) is 2.46. The van der Waals surface area contributed by atoms with Crippen molar-refractivity contribution in [2.45, 2.75) is 0 Å². The number of fused-ring (bicyclic) bond motifs is 1. The molecule has 0 bridgehead atoms. The lowest BCUT2D eigenvalue weighted by Crippen LogP contribution is -2.00. The number of rotatable bonds is 2. The molecule has 0 saturated heterocycles. The molecule has 0 N–H and O–H groups in total. The molecule has 17 heavy (non-hydrogen) atoms. The van der Waals surface area contributed by atoms with E-state index in [9.17, 15) is 4.79 Å². The number of aromatic nitrogens is 1. The largest absolute Gasteiger partial charge is 0.289 e. The average Bonchev–Trinajstić information content (AvgIpc) is 2.91. The second-order valence-electron chi connectivity index (χ2n) is 3.74. The SMILES string of the molecule is O=C(c1ccsc1)c1cccc2ccncc12. The molecule has 3 rings (SSSR count). The highest BCUT2D eigenvalue weighted by Gasteiger charge is 2.12. The number of carbonyl (C=O) groups excluding carboxylic acids is 1. The van der Waals surface area contributed by atoms with Gasteiger partial charge in [0.25, 0.3) is 0 Å². The Morgan fingerprint density at radius 1 is 1.18 bits per heavy atom. The Bertz CT molecular complexity index is 668. The van der Waals surface area contributed by atoms with Gasteiger partial charge in [0.15, 0.2) is 5.78 Å². The Morgan fingerprint density at radius 3 is 2.94 bits per heavy atom. The number of benzene rings is 1. The van der Waals surface area contributed by atoms with Gasteiger partial charge in [0.05, 0.1) is 0 Å². The van der Waals surface area contributed by atoms with Crippen molar-refractivity contribution in [3.8, 4) is 0 Å². The van der Waals surface area contributed by atoms with Crippen LogP contribution in [0.4, 0.5) is 0 Å². The molecule has 0 unspecified atom stereocenters. The molecule has 3 heteroatoms. The standard InChI is InChI=1S/C14H9NOS/c16-14(11-5-7-17-9-11)12-3-1-2-10-4-6-15-8-13(10)12/h1-9H. The van der Waals surface area contributed by atoms with Gasteiger partial charge in [-0.15, -0.1) is 0 Å². The van der Waals surface area contributed by atoms with Crippen LogP contribution in [0.5, 0.6) is 0 Å². The monoisotopic (exact) mass is 239 g/mol. The van der Waals surface area contributed by atoms with Gasteiger partial charge < -0.3 is 0 Å². The van der Waals surface area contributed by atoms with E-state index in [1.54, 1.807) is 12.4 Å². The van der Waals surface area contributed by atoms with Crippen molar-refractivity contribution < 1.29 is 4.79 Å². The van der Waals surface area contributed by atoms with Gasteiger partial charge in [-0.3, -0.25) is 9.78 Å². The normalized spacial score (nSPS) is 10.6. The zero-order chi connectivity index (χ0) is 11.7. The third-order valence-corrected chi connectivity index (χ3v) is 3.39. The van der Waals surface area contributed by atoms with Gasteiger partial charge in [0, 0.05) is 34.3 Å². The van der Waals surface area contributed by atoms with E-state index in [2.05, 4.69) is 4.98 Å². The molecule has 2 heterocycles. The van der Waals surface area contributed by atoms with Crippen molar-refractivity contribution in [2.24, 2.45) is 0 Å². The molecular formula is C14H9NOS. The van der Waals surface area contributed by atoms with Crippen LogP contribution in [0.25, 0.3) is 10.8 Å². The predicted octanol–water partition coefficient (Wildman–Crippen LogP) is 3.53. The van der Waals surface area contributed by atoms with E-state index in [-0.39, 0.29) is 5.78 Å². The van der Waals surface area contributed by atoms with Crippen LogP contribution in [0.3, 0.4) is 0 Å². The molecule has 0 aliphatic rings. The van der Waals surface area contributed by atoms with Gasteiger partial charge in [-0.25, -0.2) is 0 Å². The molecule has 0 amide bonds. The van der Waals surface area contributed by atoms with Crippen LogP contribution < -0.4 is 0 Å². The van der Waals surface area contributed by atoms with E-state index in [0.29, 0.717) is 5.56 Å². The first kappa shape index (κ1) is 10.2. The fourth-order valence-corrected chi connectivity index (χ4v) is 2.50. The van der Waals surface area contributed by atoms with Crippen LogP contribution in [0.2, 0.25) is 0 Å². The molecule has 0 fully saturated rings. The van der Waals surface area contributed by atoms with E-state index >= 15 is 0 Å². The van der Waals surface area contributed by atoms with E-state index in [1.165, 1.54) is 11.3 Å². The maximum Gasteiger partial charge on any atom is 0.194 e. The molecule has 0 aliphatic heterocycles. The fourth-order valence-electron chi connectivity index (χ4n) is 1.86. The second-order valence-corrected chi connectivity index (χ2v) is 4.52. The molecule has 82 valence electrons. The Morgan fingerprint density at radius 2 is 2.12 bits per heavy atom. The first-order chi connectivity index (χ1) is 8.36. The van der Waals surface area contributed by atoms with Crippen LogP contribution in [-0.4, -0.2) is 10.8 Å². The summed E-state index contributed by atoms with van der Waals surface area (Å²) in [6, 6.07) is 9.51. The molecule has 0 atom stereocenters. The highest BCUT2D eigenvalue weighted by molar-refractivity contribution is 7.08.